The van der Waals surface area contributed by atoms with E-state index in [1.807, 2.05) is 19.1 Å². The molecule has 9 nitrogen and oxygen atoms in total. The van der Waals surface area contributed by atoms with Crippen LogP contribution in [0.2, 0.25) is 0 Å². The van der Waals surface area contributed by atoms with E-state index in [1.165, 1.54) is 0 Å². The van der Waals surface area contributed by atoms with Crippen molar-refractivity contribution in [3.8, 4) is 0 Å². The van der Waals surface area contributed by atoms with Crippen LogP contribution in [0.3, 0.4) is 0 Å². The second-order valence-electron chi connectivity index (χ2n) is 8.00. The summed E-state index contributed by atoms with van der Waals surface area (Å²) in [7, 11) is 0. The van der Waals surface area contributed by atoms with Gasteiger partial charge in [0.1, 0.15) is 0 Å². The highest BCUT2D eigenvalue weighted by Gasteiger charge is 2.45. The van der Waals surface area contributed by atoms with Gasteiger partial charge in [-0.1, -0.05) is 17.3 Å². The van der Waals surface area contributed by atoms with E-state index < -0.39 is 23.0 Å². The minimum absolute atomic E-state index is 0.286. The van der Waals surface area contributed by atoms with Gasteiger partial charge in [0.25, 0.3) is 0 Å². The maximum Gasteiger partial charge on any atom is 0.438 e. The van der Waals surface area contributed by atoms with Gasteiger partial charge in [0.2, 0.25) is 11.8 Å². The molecule has 0 radical (unpaired) electrons. The number of amides is 2. The zero-order chi connectivity index (χ0) is 22.3. The Morgan fingerprint density at radius 1 is 1.06 bits per heavy atom. The molecule has 0 saturated carbocycles. The van der Waals surface area contributed by atoms with Crippen molar-refractivity contribution in [2.75, 3.05) is 0 Å². The van der Waals surface area contributed by atoms with E-state index in [0.29, 0.717) is 36.2 Å². The van der Waals surface area contributed by atoms with Crippen LogP contribution in [0.15, 0.2) is 45.7 Å². The van der Waals surface area contributed by atoms with Gasteiger partial charge in [-0.25, -0.2) is 4.79 Å². The summed E-state index contributed by atoms with van der Waals surface area (Å²) in [5, 5.41) is 4.04. The van der Waals surface area contributed by atoms with Crippen molar-refractivity contribution in [1.29, 1.82) is 0 Å². The summed E-state index contributed by atoms with van der Waals surface area (Å²) in [6, 6.07) is 10.2. The van der Waals surface area contributed by atoms with Crippen molar-refractivity contribution in [3.63, 3.8) is 0 Å². The molecule has 1 aliphatic rings. The van der Waals surface area contributed by atoms with Crippen LogP contribution in [0.4, 0.5) is 0 Å². The Kier molecular flexibility index (Phi) is 4.98. The molecular formula is C22H23N5O4. The maximum atomic E-state index is 11.9. The molecule has 2 aromatic carbocycles. The number of carbonyl (C=O) groups excluding carboxylic acids is 2. The Hall–Kier alpha value is -3.72. The number of carbonyl (C=O) groups is 2. The Balaban J connectivity index is 2.10. The number of aromatic nitrogens is 2. The van der Waals surface area contributed by atoms with E-state index >= 15 is 0 Å². The van der Waals surface area contributed by atoms with Gasteiger partial charge in [-0.05, 0) is 72.7 Å². The Morgan fingerprint density at radius 3 is 1.97 bits per heavy atom. The van der Waals surface area contributed by atoms with Crippen LogP contribution in [0.25, 0.3) is 0 Å². The number of fused-ring (bicyclic) bond motifs is 2. The van der Waals surface area contributed by atoms with Crippen molar-refractivity contribution in [1.82, 2.24) is 10.1 Å². The molecule has 7 N–H and O–H groups in total. The van der Waals surface area contributed by atoms with Crippen LogP contribution in [0.1, 0.15) is 62.1 Å². The topological polar surface area (TPSA) is 171 Å². The van der Waals surface area contributed by atoms with E-state index in [-0.39, 0.29) is 6.04 Å². The van der Waals surface area contributed by atoms with Gasteiger partial charge >= 0.3 is 5.76 Å². The SMILES string of the molecule is C[C@@H](N)CC1(c2noc(=O)[nH]2)c2ccc(C(N)=O)cc2CCc2cc(C(N)=O)ccc21. The summed E-state index contributed by atoms with van der Waals surface area (Å²) < 4.78 is 4.87. The molecule has 31 heavy (non-hydrogen) atoms. The van der Waals surface area contributed by atoms with Gasteiger partial charge in [-0.2, -0.15) is 0 Å². The summed E-state index contributed by atoms with van der Waals surface area (Å²) in [5.74, 6) is -1.45. The van der Waals surface area contributed by atoms with Crippen molar-refractivity contribution in [2.45, 2.75) is 37.6 Å². The van der Waals surface area contributed by atoms with Crippen molar-refractivity contribution >= 4 is 11.8 Å². The van der Waals surface area contributed by atoms with Gasteiger partial charge in [0.15, 0.2) is 5.82 Å². The number of primary amides is 2. The minimum atomic E-state index is -0.964. The van der Waals surface area contributed by atoms with Gasteiger partial charge in [-0.15, -0.1) is 0 Å². The first-order valence-electron chi connectivity index (χ1n) is 9.91. The Morgan fingerprint density at radius 2 is 1.58 bits per heavy atom. The first-order chi connectivity index (χ1) is 14.7. The molecule has 1 heterocycles. The lowest BCUT2D eigenvalue weighted by Crippen LogP contribution is -2.38. The number of rotatable bonds is 5. The van der Waals surface area contributed by atoms with E-state index in [2.05, 4.69) is 10.1 Å². The predicted octanol–water partition coefficient (Wildman–Crippen LogP) is 0.731. The molecule has 1 aromatic heterocycles. The molecule has 9 heteroatoms. The van der Waals surface area contributed by atoms with Gasteiger partial charge in [0.05, 0.1) is 5.41 Å². The van der Waals surface area contributed by atoms with Crippen LogP contribution in [0, 0.1) is 0 Å². The molecule has 0 fully saturated rings. The Bertz CT molecular complexity index is 1180. The summed E-state index contributed by atoms with van der Waals surface area (Å²) in [5.41, 5.74) is 20.5. The number of aryl methyl sites for hydroxylation is 2. The number of hydrogen-bond donors (Lipinski definition) is 4. The first kappa shape index (κ1) is 20.5. The zero-order valence-corrected chi connectivity index (χ0v) is 17.0. The third-order valence-electron chi connectivity index (χ3n) is 5.84. The first-order valence-corrected chi connectivity index (χ1v) is 9.91. The highest BCUT2D eigenvalue weighted by atomic mass is 16.5. The minimum Gasteiger partial charge on any atom is -0.366 e. The number of aromatic amines is 1. The molecule has 0 unspecified atom stereocenters. The summed E-state index contributed by atoms with van der Waals surface area (Å²) in [6.07, 6.45) is 1.55. The number of hydrogen-bond acceptors (Lipinski definition) is 6. The molecule has 0 aliphatic heterocycles. The van der Waals surface area contributed by atoms with Crippen LogP contribution in [0.5, 0.6) is 0 Å². The molecule has 0 bridgehead atoms. The molecule has 3 aromatic rings. The Labute approximate surface area is 177 Å². The summed E-state index contributed by atoms with van der Waals surface area (Å²) >= 11 is 0. The summed E-state index contributed by atoms with van der Waals surface area (Å²) in [6.45, 7) is 1.86. The van der Waals surface area contributed by atoms with E-state index in [9.17, 15) is 14.4 Å². The number of nitrogens with two attached hydrogens (primary N) is 3. The van der Waals surface area contributed by atoms with Crippen LogP contribution < -0.4 is 23.0 Å². The molecule has 160 valence electrons. The standard InChI is InChI=1S/C22H23N5O4/c1-11(23)10-22(20-26-21(30)31-27-20)16-6-4-14(18(24)28)8-12(16)2-3-13-9-15(19(25)29)5-7-17(13)22/h4-9,11H,2-3,10,23H2,1H3,(H2,24,28)(H2,25,29)(H,26,27,30)/t11-/m1/s1. The number of nitrogens with one attached hydrogen (secondary N) is 1. The van der Waals surface area contributed by atoms with Gasteiger partial charge < -0.3 is 17.2 Å². The predicted molar refractivity (Wildman–Crippen MR) is 113 cm³/mol. The summed E-state index contributed by atoms with van der Waals surface area (Å²) in [4.78, 5) is 38.2. The molecule has 4 rings (SSSR count). The van der Waals surface area contributed by atoms with Crippen molar-refractivity contribution in [3.05, 3.63) is 86.2 Å². The molecule has 0 spiro atoms. The monoisotopic (exact) mass is 421 g/mol. The second-order valence-corrected chi connectivity index (χ2v) is 8.00. The van der Waals surface area contributed by atoms with Gasteiger partial charge in [-0.3, -0.25) is 19.1 Å². The lowest BCUT2D eigenvalue weighted by molar-refractivity contribution is 0.0991. The maximum absolute atomic E-state index is 11.9. The van der Waals surface area contributed by atoms with E-state index in [4.69, 9.17) is 21.7 Å². The lowest BCUT2D eigenvalue weighted by Gasteiger charge is -2.35. The van der Waals surface area contributed by atoms with Gasteiger partial charge in [0, 0.05) is 17.2 Å². The van der Waals surface area contributed by atoms with E-state index in [1.54, 1.807) is 24.3 Å². The molecule has 2 amide bonds. The average Bonchev–Trinajstić information content (AvgIpc) is 3.11. The van der Waals surface area contributed by atoms with Crippen molar-refractivity contribution < 1.29 is 14.1 Å². The second kappa shape index (κ2) is 7.51. The normalized spacial score (nSPS) is 15.4. The van der Waals surface area contributed by atoms with E-state index in [0.717, 1.165) is 22.3 Å². The van der Waals surface area contributed by atoms with Crippen molar-refractivity contribution in [2.24, 2.45) is 17.2 Å². The van der Waals surface area contributed by atoms with Crippen LogP contribution >= 0.6 is 0 Å². The fraction of sp³-hybridized carbons (Fsp3) is 0.273. The average molecular weight is 421 g/mol. The highest BCUT2D eigenvalue weighted by Crippen LogP contribution is 2.46. The fourth-order valence-corrected chi connectivity index (χ4v) is 4.62. The smallest absolute Gasteiger partial charge is 0.366 e. The number of nitrogens with zero attached hydrogens (tertiary/aromatic N) is 1. The lowest BCUT2D eigenvalue weighted by atomic mass is 9.68. The molecule has 1 atom stereocenters. The van der Waals surface area contributed by atoms with Crippen LogP contribution in [-0.2, 0) is 18.3 Å². The largest absolute Gasteiger partial charge is 0.438 e. The van der Waals surface area contributed by atoms with Crippen LogP contribution in [-0.4, -0.2) is 28.0 Å². The molecule has 0 saturated heterocycles. The third kappa shape index (κ3) is 3.42. The number of benzene rings is 2. The zero-order valence-electron chi connectivity index (χ0n) is 17.0. The quantitative estimate of drug-likeness (QED) is 0.473. The highest BCUT2D eigenvalue weighted by molar-refractivity contribution is 5.94. The molecule has 1 aliphatic carbocycles. The molecular weight excluding hydrogens is 398 g/mol. The third-order valence-corrected chi connectivity index (χ3v) is 5.84. The fourth-order valence-electron chi connectivity index (χ4n) is 4.62. The number of H-pyrrole nitrogens is 1.